The quantitative estimate of drug-likeness (QED) is 0.814. The first-order valence-electron chi connectivity index (χ1n) is 8.39. The zero-order valence-corrected chi connectivity index (χ0v) is 13.7. The molecule has 4 nitrogen and oxygen atoms in total. The minimum absolute atomic E-state index is 0.0630. The highest BCUT2D eigenvalue weighted by atomic mass is 16.5. The summed E-state index contributed by atoms with van der Waals surface area (Å²) in [4.78, 5) is 11.9. The van der Waals surface area contributed by atoms with Gasteiger partial charge in [0.15, 0.2) is 0 Å². The number of rotatable bonds is 7. The third kappa shape index (κ3) is 6.06. The first kappa shape index (κ1) is 16.8. The molecule has 1 amide bonds. The Morgan fingerprint density at radius 2 is 1.86 bits per heavy atom. The van der Waals surface area contributed by atoms with Gasteiger partial charge in [0.25, 0.3) is 0 Å². The molecular weight excluding hydrogens is 276 g/mol. The van der Waals surface area contributed by atoms with Crippen molar-refractivity contribution in [3.8, 4) is 5.75 Å². The Labute approximate surface area is 133 Å². The van der Waals surface area contributed by atoms with Crippen molar-refractivity contribution in [1.82, 2.24) is 10.6 Å². The van der Waals surface area contributed by atoms with Gasteiger partial charge in [0.2, 0.25) is 5.91 Å². The number of nitrogens with one attached hydrogen (secondary N) is 2. The van der Waals surface area contributed by atoms with E-state index in [-0.39, 0.29) is 12.0 Å². The van der Waals surface area contributed by atoms with Crippen LogP contribution in [0.5, 0.6) is 5.75 Å². The minimum atomic E-state index is 0.0630. The second-order valence-electron chi connectivity index (χ2n) is 6.30. The normalized spacial score (nSPS) is 15.8. The summed E-state index contributed by atoms with van der Waals surface area (Å²) in [7, 11) is 0. The van der Waals surface area contributed by atoms with Crippen LogP contribution in [0.1, 0.15) is 51.5 Å². The summed E-state index contributed by atoms with van der Waals surface area (Å²) < 4.78 is 5.60. The first-order chi connectivity index (χ1) is 10.6. The van der Waals surface area contributed by atoms with Gasteiger partial charge in [-0.15, -0.1) is 0 Å². The van der Waals surface area contributed by atoms with Gasteiger partial charge in [0.1, 0.15) is 5.75 Å². The lowest BCUT2D eigenvalue weighted by Gasteiger charge is -2.22. The SMILES string of the molecule is CC(C)Oc1ccc(CNC(=O)CNC2CCCCC2)cc1. The fourth-order valence-corrected chi connectivity index (χ4v) is 2.76. The van der Waals surface area contributed by atoms with E-state index in [2.05, 4.69) is 10.6 Å². The van der Waals surface area contributed by atoms with E-state index >= 15 is 0 Å². The van der Waals surface area contributed by atoms with Gasteiger partial charge in [-0.25, -0.2) is 0 Å². The molecule has 0 atom stereocenters. The molecule has 2 rings (SSSR count). The summed E-state index contributed by atoms with van der Waals surface area (Å²) in [5.41, 5.74) is 1.09. The molecule has 0 aliphatic heterocycles. The molecule has 1 fully saturated rings. The van der Waals surface area contributed by atoms with Gasteiger partial charge >= 0.3 is 0 Å². The van der Waals surface area contributed by atoms with Crippen LogP contribution < -0.4 is 15.4 Å². The van der Waals surface area contributed by atoms with Crippen molar-refractivity contribution >= 4 is 5.91 Å². The number of hydrogen-bond donors (Lipinski definition) is 2. The van der Waals surface area contributed by atoms with Crippen molar-refractivity contribution < 1.29 is 9.53 Å². The predicted octanol–water partition coefficient (Wildman–Crippen LogP) is 3.01. The van der Waals surface area contributed by atoms with Crippen LogP contribution >= 0.6 is 0 Å². The average Bonchev–Trinajstić information content (AvgIpc) is 2.53. The molecule has 0 heterocycles. The maximum Gasteiger partial charge on any atom is 0.234 e. The van der Waals surface area contributed by atoms with Crippen LogP contribution in [0.4, 0.5) is 0 Å². The van der Waals surface area contributed by atoms with Gasteiger partial charge in [-0.05, 0) is 44.4 Å². The maximum atomic E-state index is 11.9. The van der Waals surface area contributed by atoms with Crippen molar-refractivity contribution in [2.24, 2.45) is 0 Å². The number of ether oxygens (including phenoxy) is 1. The standard InChI is InChI=1S/C18H28N2O2/c1-14(2)22-17-10-8-15(9-11-17)12-20-18(21)13-19-16-6-4-3-5-7-16/h8-11,14,16,19H,3-7,12-13H2,1-2H3,(H,20,21). The van der Waals surface area contributed by atoms with E-state index < -0.39 is 0 Å². The molecule has 1 aromatic rings. The summed E-state index contributed by atoms with van der Waals surface area (Å²) in [6, 6.07) is 8.40. The molecule has 2 N–H and O–H groups in total. The van der Waals surface area contributed by atoms with Crippen molar-refractivity contribution in [2.45, 2.75) is 64.6 Å². The highest BCUT2D eigenvalue weighted by molar-refractivity contribution is 5.78. The molecule has 0 radical (unpaired) electrons. The van der Waals surface area contributed by atoms with Gasteiger partial charge in [-0.2, -0.15) is 0 Å². The van der Waals surface area contributed by atoms with Crippen LogP contribution in [0, 0.1) is 0 Å². The number of benzene rings is 1. The van der Waals surface area contributed by atoms with Gasteiger partial charge in [0.05, 0.1) is 12.6 Å². The van der Waals surface area contributed by atoms with Crippen LogP contribution in [0.3, 0.4) is 0 Å². The average molecular weight is 304 g/mol. The number of hydrogen-bond acceptors (Lipinski definition) is 3. The predicted molar refractivity (Wildman–Crippen MR) is 88.9 cm³/mol. The van der Waals surface area contributed by atoms with E-state index in [1.54, 1.807) is 0 Å². The zero-order chi connectivity index (χ0) is 15.8. The van der Waals surface area contributed by atoms with Crippen LogP contribution in [0.25, 0.3) is 0 Å². The van der Waals surface area contributed by atoms with Gasteiger partial charge in [-0.1, -0.05) is 31.4 Å². The monoisotopic (exact) mass is 304 g/mol. The Morgan fingerprint density at radius 3 is 2.50 bits per heavy atom. The Morgan fingerprint density at radius 1 is 1.18 bits per heavy atom. The molecule has 0 unspecified atom stereocenters. The number of amides is 1. The van der Waals surface area contributed by atoms with E-state index in [0.717, 1.165) is 11.3 Å². The summed E-state index contributed by atoms with van der Waals surface area (Å²) in [5, 5.41) is 6.31. The molecule has 22 heavy (non-hydrogen) atoms. The van der Waals surface area contributed by atoms with Crippen molar-refractivity contribution in [2.75, 3.05) is 6.54 Å². The summed E-state index contributed by atoms with van der Waals surface area (Å²) in [6.45, 7) is 4.99. The summed E-state index contributed by atoms with van der Waals surface area (Å²) in [5.74, 6) is 0.928. The molecule has 1 aromatic carbocycles. The summed E-state index contributed by atoms with van der Waals surface area (Å²) >= 11 is 0. The first-order valence-corrected chi connectivity index (χ1v) is 8.39. The third-order valence-electron chi connectivity index (χ3n) is 3.94. The van der Waals surface area contributed by atoms with E-state index in [1.807, 2.05) is 38.1 Å². The second-order valence-corrected chi connectivity index (χ2v) is 6.30. The molecule has 0 aromatic heterocycles. The zero-order valence-electron chi connectivity index (χ0n) is 13.7. The topological polar surface area (TPSA) is 50.4 Å². The van der Waals surface area contributed by atoms with E-state index in [4.69, 9.17) is 4.74 Å². The van der Waals surface area contributed by atoms with Gasteiger partial charge in [0, 0.05) is 12.6 Å². The van der Waals surface area contributed by atoms with Crippen molar-refractivity contribution in [1.29, 1.82) is 0 Å². The molecule has 1 aliphatic rings. The van der Waals surface area contributed by atoms with Crippen molar-refractivity contribution in [3.63, 3.8) is 0 Å². The molecule has 0 saturated heterocycles. The van der Waals surface area contributed by atoms with Crippen LogP contribution in [-0.4, -0.2) is 24.6 Å². The lowest BCUT2D eigenvalue weighted by Crippen LogP contribution is -2.39. The molecule has 1 saturated carbocycles. The van der Waals surface area contributed by atoms with Crippen LogP contribution in [0.15, 0.2) is 24.3 Å². The Hall–Kier alpha value is -1.55. The van der Waals surface area contributed by atoms with Crippen molar-refractivity contribution in [3.05, 3.63) is 29.8 Å². The largest absolute Gasteiger partial charge is 0.491 e. The molecule has 0 bridgehead atoms. The fourth-order valence-electron chi connectivity index (χ4n) is 2.76. The molecule has 122 valence electrons. The number of carbonyl (C=O) groups excluding carboxylic acids is 1. The maximum absolute atomic E-state index is 11.9. The third-order valence-corrected chi connectivity index (χ3v) is 3.94. The Balaban J connectivity index is 1.67. The highest BCUT2D eigenvalue weighted by Crippen LogP contribution is 2.17. The molecule has 1 aliphatic carbocycles. The van der Waals surface area contributed by atoms with Gasteiger partial charge < -0.3 is 15.4 Å². The molecule has 4 heteroatoms. The molecular formula is C18H28N2O2. The summed E-state index contributed by atoms with van der Waals surface area (Å²) in [6.07, 6.45) is 6.47. The van der Waals surface area contributed by atoms with E-state index in [0.29, 0.717) is 19.1 Å². The lowest BCUT2D eigenvalue weighted by atomic mass is 9.95. The van der Waals surface area contributed by atoms with Gasteiger partial charge in [-0.3, -0.25) is 4.79 Å². The molecule has 0 spiro atoms. The fraction of sp³-hybridized carbons (Fsp3) is 0.611. The van der Waals surface area contributed by atoms with E-state index in [1.165, 1.54) is 32.1 Å². The second kappa shape index (κ2) is 8.79. The van der Waals surface area contributed by atoms with Crippen LogP contribution in [-0.2, 0) is 11.3 Å². The highest BCUT2D eigenvalue weighted by Gasteiger charge is 2.13. The smallest absolute Gasteiger partial charge is 0.234 e. The van der Waals surface area contributed by atoms with E-state index in [9.17, 15) is 4.79 Å². The Kier molecular flexibility index (Phi) is 6.72. The van der Waals surface area contributed by atoms with Crippen LogP contribution in [0.2, 0.25) is 0 Å². The minimum Gasteiger partial charge on any atom is -0.491 e. The lowest BCUT2D eigenvalue weighted by molar-refractivity contribution is -0.120. The Bertz CT molecular complexity index is 451. The number of carbonyl (C=O) groups is 1.